The molecule has 95 heavy (non-hydrogen) atoms. The van der Waals surface area contributed by atoms with Crippen LogP contribution in [0.3, 0.4) is 0 Å². The first kappa shape index (κ1) is 84.6. The number of allylic oxidation sites excluding steroid dienone is 25. The van der Waals surface area contributed by atoms with Crippen LogP contribution in [-0.2, 0) is 33.2 Å². The van der Waals surface area contributed by atoms with Crippen molar-refractivity contribution in [1.29, 1.82) is 0 Å². The molecule has 0 bridgehead atoms. The van der Waals surface area contributed by atoms with E-state index in [2.05, 4.69) is 165 Å². The van der Waals surface area contributed by atoms with Crippen molar-refractivity contribution in [3.63, 3.8) is 0 Å². The van der Waals surface area contributed by atoms with Crippen LogP contribution in [0.2, 0.25) is 0 Å². The Morgan fingerprint density at radius 2 is 0.737 bits per heavy atom. The molecule has 0 radical (unpaired) electrons. The number of aliphatic hydroxyl groups is 11. The van der Waals surface area contributed by atoms with Crippen LogP contribution in [0, 0.1) is 0 Å². The van der Waals surface area contributed by atoms with Crippen molar-refractivity contribution in [2.24, 2.45) is 0 Å². The second-order valence-electron chi connectivity index (χ2n) is 24.2. The third kappa shape index (κ3) is 36.7. The summed E-state index contributed by atoms with van der Waals surface area (Å²) in [5.41, 5.74) is 0. The number of carbonyl (C=O) groups is 1. The van der Waals surface area contributed by atoms with E-state index in [-0.39, 0.29) is 18.9 Å². The van der Waals surface area contributed by atoms with Gasteiger partial charge in [-0.1, -0.05) is 217 Å². The molecule has 3 rings (SSSR count). The lowest BCUT2D eigenvalue weighted by atomic mass is 9.96. The van der Waals surface area contributed by atoms with Gasteiger partial charge in [0.05, 0.1) is 38.6 Å². The van der Waals surface area contributed by atoms with Gasteiger partial charge in [0.15, 0.2) is 18.9 Å². The molecule has 17 atom stereocenters. The predicted octanol–water partition coefficient (Wildman–Crippen LogP) is 9.71. The minimum Gasteiger partial charge on any atom is -0.394 e. The molecule has 3 aliphatic heterocycles. The monoisotopic (exact) mass is 1340 g/mol. The van der Waals surface area contributed by atoms with Gasteiger partial charge in [-0.2, -0.15) is 0 Å². The van der Waals surface area contributed by atoms with E-state index in [1.807, 2.05) is 6.08 Å². The molecule has 19 nitrogen and oxygen atoms in total. The van der Waals surface area contributed by atoms with Gasteiger partial charge in [0.2, 0.25) is 5.91 Å². The minimum atomic E-state index is -1.99. The molecule has 0 aromatic heterocycles. The summed E-state index contributed by atoms with van der Waals surface area (Å²) in [4.78, 5) is 13.3. The third-order valence-corrected chi connectivity index (χ3v) is 16.3. The smallest absolute Gasteiger partial charge is 0.220 e. The maximum absolute atomic E-state index is 13.3. The number of nitrogens with one attached hydrogen (secondary N) is 1. The van der Waals surface area contributed by atoms with Crippen LogP contribution in [0.1, 0.15) is 181 Å². The Labute approximate surface area is 567 Å². The Balaban J connectivity index is 1.31. The van der Waals surface area contributed by atoms with E-state index in [0.29, 0.717) is 12.8 Å². The van der Waals surface area contributed by atoms with Gasteiger partial charge in [-0.3, -0.25) is 4.79 Å². The normalized spacial score (nSPS) is 28.2. The summed E-state index contributed by atoms with van der Waals surface area (Å²) in [7, 11) is 0. The lowest BCUT2D eigenvalue weighted by molar-refractivity contribution is -0.379. The van der Waals surface area contributed by atoms with Crippen LogP contribution < -0.4 is 5.32 Å². The first-order valence-electron chi connectivity index (χ1n) is 35.2. The van der Waals surface area contributed by atoms with Crippen molar-refractivity contribution >= 4 is 5.91 Å². The SMILES string of the molecule is CC/C=C\C/C=C\C/C=C\C/C=C\C/C=C\C/C=C\C/C=C\C/C=C\C/C=C\C/C=C\C/C=C\CCCCCCCCCC(=O)NC(COC1OC(CO)C(OC2OC(CO)C(OC3OC(CO)C(O)C(O)C3O)C(O)C2O)C(O)C1O)C(O)/C=C/CC/C=C/CCCCC. The molecule has 1 amide bonds. The summed E-state index contributed by atoms with van der Waals surface area (Å²) < 4.78 is 34.2. The minimum absolute atomic E-state index is 0.211. The van der Waals surface area contributed by atoms with Crippen LogP contribution in [0.25, 0.3) is 0 Å². The van der Waals surface area contributed by atoms with Gasteiger partial charge in [0.25, 0.3) is 0 Å². The molecule has 0 saturated carbocycles. The second-order valence-corrected chi connectivity index (χ2v) is 24.2. The zero-order valence-electron chi connectivity index (χ0n) is 56.8. The first-order valence-corrected chi connectivity index (χ1v) is 35.2. The molecule has 0 spiro atoms. The van der Waals surface area contributed by atoms with Crippen LogP contribution in [0.4, 0.5) is 0 Å². The number of carbonyl (C=O) groups excluding carboxylic acids is 1. The predicted molar refractivity (Wildman–Crippen MR) is 373 cm³/mol. The average molecular weight is 1340 g/mol. The van der Waals surface area contributed by atoms with Crippen LogP contribution in [0.15, 0.2) is 158 Å². The van der Waals surface area contributed by atoms with Crippen LogP contribution in [-0.4, -0.2) is 193 Å². The summed E-state index contributed by atoms with van der Waals surface area (Å²) in [5, 5.41) is 120. The van der Waals surface area contributed by atoms with Crippen molar-refractivity contribution in [2.45, 2.75) is 285 Å². The number of hydrogen-bond acceptors (Lipinski definition) is 18. The Bertz CT molecular complexity index is 2340. The van der Waals surface area contributed by atoms with Gasteiger partial charge in [0.1, 0.15) is 73.2 Å². The lowest BCUT2D eigenvalue weighted by Gasteiger charge is -2.48. The van der Waals surface area contributed by atoms with Crippen molar-refractivity contribution in [2.75, 3.05) is 26.4 Å². The lowest BCUT2D eigenvalue weighted by Crippen LogP contribution is -2.66. The Hall–Kier alpha value is -4.59. The van der Waals surface area contributed by atoms with Gasteiger partial charge >= 0.3 is 0 Å². The summed E-state index contributed by atoms with van der Waals surface area (Å²) in [6.45, 7) is 1.48. The summed E-state index contributed by atoms with van der Waals surface area (Å²) >= 11 is 0. The molecule has 17 unspecified atom stereocenters. The van der Waals surface area contributed by atoms with E-state index in [4.69, 9.17) is 28.4 Å². The zero-order chi connectivity index (χ0) is 68.9. The fourth-order valence-electron chi connectivity index (χ4n) is 10.6. The standard InChI is InChI=1S/C76H121NO18/c1-3-5-7-9-11-13-14-15-16-17-18-19-20-21-22-23-24-25-26-27-28-29-30-31-32-33-34-35-36-37-38-39-40-41-42-43-44-46-48-50-52-54-64(82)77-59(60(81)53-51-49-47-45-12-10-8-6-4-2)58-90-74-70(88)67(85)72(62(56-79)92-74)95-76-71(89)68(86)73(63(57-80)93-76)94-75-69(87)66(84)65(83)61(55-78)91-75/h5,7,11-13,15-16,18-19,21-22,24-25,27-28,30-31,33-34,36-37,39-40,45,51,53,59-63,65-76,78-81,83-89H,3-4,6,8-10,14,17,20,23,26,29,32,35,38,41-44,46-50,52,54-58H2,1-2H3,(H,77,82)/b7-5-,13-11-,16-15-,19-18-,22-21-,25-24-,28-27-,31-30-,34-33-,37-36-,40-39-,45-12+,53-51+. The van der Waals surface area contributed by atoms with E-state index in [9.17, 15) is 61.0 Å². The largest absolute Gasteiger partial charge is 0.394 e. The molecule has 3 heterocycles. The molecule has 3 saturated heterocycles. The van der Waals surface area contributed by atoms with E-state index in [0.717, 1.165) is 141 Å². The summed E-state index contributed by atoms with van der Waals surface area (Å²) in [6, 6.07) is -1.01. The average Bonchev–Trinajstić information content (AvgIpc) is 0.797. The molecule has 538 valence electrons. The second kappa shape index (κ2) is 55.3. The quantitative estimate of drug-likeness (QED) is 0.0199. The fraction of sp³-hybridized carbons (Fsp3) is 0.645. The number of ether oxygens (including phenoxy) is 6. The van der Waals surface area contributed by atoms with Crippen LogP contribution in [0.5, 0.6) is 0 Å². The maximum atomic E-state index is 13.3. The summed E-state index contributed by atoms with van der Waals surface area (Å²) in [5.74, 6) is -0.308. The van der Waals surface area contributed by atoms with E-state index >= 15 is 0 Å². The Morgan fingerprint density at radius 1 is 0.389 bits per heavy atom. The fourth-order valence-corrected chi connectivity index (χ4v) is 10.6. The van der Waals surface area contributed by atoms with Gasteiger partial charge < -0.3 is 89.9 Å². The Kier molecular flexibility index (Phi) is 49.3. The van der Waals surface area contributed by atoms with Crippen molar-refractivity contribution in [3.05, 3.63) is 158 Å². The van der Waals surface area contributed by atoms with Gasteiger partial charge in [-0.05, 0) is 116 Å². The van der Waals surface area contributed by atoms with Gasteiger partial charge in [-0.25, -0.2) is 0 Å². The van der Waals surface area contributed by atoms with Crippen molar-refractivity contribution in [3.8, 4) is 0 Å². The number of amides is 1. The van der Waals surface area contributed by atoms with Crippen LogP contribution >= 0.6 is 0 Å². The number of aliphatic hydroxyl groups excluding tert-OH is 11. The number of hydrogen-bond donors (Lipinski definition) is 12. The molecular weight excluding hydrogens is 1210 g/mol. The number of rotatable bonds is 51. The van der Waals surface area contributed by atoms with Crippen molar-refractivity contribution in [1.82, 2.24) is 5.32 Å². The molecule has 0 aliphatic carbocycles. The highest BCUT2D eigenvalue weighted by atomic mass is 16.8. The highest BCUT2D eigenvalue weighted by Crippen LogP contribution is 2.33. The third-order valence-electron chi connectivity index (χ3n) is 16.3. The molecule has 19 heteroatoms. The van der Waals surface area contributed by atoms with E-state index in [1.54, 1.807) is 6.08 Å². The zero-order valence-corrected chi connectivity index (χ0v) is 56.8. The Morgan fingerprint density at radius 3 is 1.18 bits per heavy atom. The number of unbranched alkanes of at least 4 members (excludes halogenated alkanes) is 11. The molecule has 0 aromatic carbocycles. The topological polar surface area (TPSA) is 307 Å². The first-order chi connectivity index (χ1) is 46.3. The van der Waals surface area contributed by atoms with Crippen molar-refractivity contribution < 1.29 is 89.4 Å². The molecule has 0 aromatic rings. The molecular formula is C76H121NO18. The summed E-state index contributed by atoms with van der Waals surface area (Å²) in [6.07, 6.45) is 54.1. The van der Waals surface area contributed by atoms with Gasteiger partial charge in [-0.15, -0.1) is 0 Å². The van der Waals surface area contributed by atoms with E-state index in [1.165, 1.54) is 6.42 Å². The highest BCUT2D eigenvalue weighted by molar-refractivity contribution is 5.76. The van der Waals surface area contributed by atoms with E-state index < -0.39 is 124 Å². The molecule has 3 aliphatic rings. The maximum Gasteiger partial charge on any atom is 0.220 e. The van der Waals surface area contributed by atoms with Gasteiger partial charge in [0, 0.05) is 6.42 Å². The highest BCUT2D eigenvalue weighted by Gasteiger charge is 2.53. The molecule has 3 fully saturated rings. The molecule has 12 N–H and O–H groups in total.